The van der Waals surface area contributed by atoms with Gasteiger partial charge in [0.25, 0.3) is 0 Å². The lowest BCUT2D eigenvalue weighted by atomic mass is 9.87. The van der Waals surface area contributed by atoms with Crippen molar-refractivity contribution < 1.29 is 14.7 Å². The molecule has 0 rings (SSSR count). The molecule has 0 aromatic heterocycles. The molecule has 0 bridgehead atoms. The van der Waals surface area contributed by atoms with Gasteiger partial charge in [-0.3, -0.25) is 0 Å². The van der Waals surface area contributed by atoms with Gasteiger partial charge in [-0.15, -0.1) is 0 Å². The molecule has 3 N–H and O–H groups in total. The molecule has 0 aliphatic heterocycles. The average Bonchev–Trinajstić information content (AvgIpc) is 2.11. The summed E-state index contributed by atoms with van der Waals surface area (Å²) in [7, 11) is 0. The summed E-state index contributed by atoms with van der Waals surface area (Å²) < 4.78 is 0. The maximum atomic E-state index is 11.5. The van der Waals surface area contributed by atoms with Crippen molar-refractivity contribution >= 4 is 12.0 Å². The molecule has 0 heterocycles. The number of aliphatic carboxylic acids is 1. The summed E-state index contributed by atoms with van der Waals surface area (Å²) in [6.07, 6.45) is 0.876. The Bertz CT molecular complexity index is 269. The van der Waals surface area contributed by atoms with Gasteiger partial charge in [0.2, 0.25) is 0 Å². The van der Waals surface area contributed by atoms with E-state index in [1.165, 1.54) is 0 Å². The van der Waals surface area contributed by atoms with Crippen LogP contribution in [0.3, 0.4) is 0 Å². The molecule has 0 saturated carbocycles. The smallest absolute Gasteiger partial charge is 0.326 e. The second kappa shape index (κ2) is 6.47. The topological polar surface area (TPSA) is 78.4 Å². The molecular formula is C12H24N2O3. The first-order valence-corrected chi connectivity index (χ1v) is 5.91. The number of hydrogen-bond donors (Lipinski definition) is 3. The Labute approximate surface area is 103 Å². The monoisotopic (exact) mass is 244 g/mol. The van der Waals surface area contributed by atoms with Gasteiger partial charge in [-0.05, 0) is 17.8 Å². The molecule has 5 heteroatoms. The lowest BCUT2D eigenvalue weighted by molar-refractivity contribution is -0.141. The molecule has 0 saturated heterocycles. The van der Waals surface area contributed by atoms with Gasteiger partial charge in [-0.2, -0.15) is 0 Å². The third kappa shape index (κ3) is 6.81. The van der Waals surface area contributed by atoms with Crippen LogP contribution in [0.25, 0.3) is 0 Å². The Hall–Kier alpha value is -1.26. The Morgan fingerprint density at radius 2 is 1.76 bits per heavy atom. The van der Waals surface area contributed by atoms with Crippen LogP contribution in [-0.2, 0) is 4.79 Å². The van der Waals surface area contributed by atoms with Crippen molar-refractivity contribution in [1.29, 1.82) is 0 Å². The van der Waals surface area contributed by atoms with Gasteiger partial charge < -0.3 is 15.7 Å². The first kappa shape index (κ1) is 15.7. The van der Waals surface area contributed by atoms with Gasteiger partial charge in [-0.1, -0.05) is 34.6 Å². The number of carbonyl (C=O) groups excluding carboxylic acids is 1. The van der Waals surface area contributed by atoms with Crippen LogP contribution in [0, 0.1) is 11.3 Å². The van der Waals surface area contributed by atoms with Gasteiger partial charge in [0.15, 0.2) is 0 Å². The first-order chi connectivity index (χ1) is 7.64. The van der Waals surface area contributed by atoms with E-state index in [-0.39, 0.29) is 0 Å². The van der Waals surface area contributed by atoms with Crippen LogP contribution in [0.5, 0.6) is 0 Å². The first-order valence-electron chi connectivity index (χ1n) is 5.91. The summed E-state index contributed by atoms with van der Waals surface area (Å²) in [5.74, 6) is -0.510. The van der Waals surface area contributed by atoms with E-state index in [1.807, 2.05) is 0 Å². The van der Waals surface area contributed by atoms with Crippen molar-refractivity contribution in [2.45, 2.75) is 47.1 Å². The zero-order valence-corrected chi connectivity index (χ0v) is 11.3. The van der Waals surface area contributed by atoms with Gasteiger partial charge in [0, 0.05) is 6.54 Å². The minimum Gasteiger partial charge on any atom is -0.480 e. The Balaban J connectivity index is 4.20. The van der Waals surface area contributed by atoms with Crippen LogP contribution in [0.15, 0.2) is 0 Å². The van der Waals surface area contributed by atoms with E-state index in [9.17, 15) is 9.59 Å². The van der Waals surface area contributed by atoms with Crippen LogP contribution in [-0.4, -0.2) is 29.7 Å². The molecular weight excluding hydrogens is 220 g/mol. The Kier molecular flexibility index (Phi) is 5.99. The van der Waals surface area contributed by atoms with E-state index in [2.05, 4.69) is 24.5 Å². The lowest BCUT2D eigenvalue weighted by Gasteiger charge is -2.27. The van der Waals surface area contributed by atoms with Crippen molar-refractivity contribution in [3.05, 3.63) is 0 Å². The van der Waals surface area contributed by atoms with Crippen LogP contribution >= 0.6 is 0 Å². The number of carboxylic acid groups (broad SMARTS) is 1. The van der Waals surface area contributed by atoms with Crippen molar-refractivity contribution in [3.63, 3.8) is 0 Å². The zero-order valence-electron chi connectivity index (χ0n) is 11.3. The molecule has 0 radical (unpaired) electrons. The standard InChI is InChI=1S/C12H24N2O3/c1-8(2)6-7-13-11(17)14-9(10(15)16)12(3,4)5/h8-9H,6-7H2,1-5H3,(H,15,16)(H2,13,14,17)/t9-/m0/s1. The third-order valence-electron chi connectivity index (χ3n) is 2.40. The summed E-state index contributed by atoms with van der Waals surface area (Å²) in [6.45, 7) is 10.0. The molecule has 5 nitrogen and oxygen atoms in total. The van der Waals surface area contributed by atoms with Gasteiger partial charge in [0.05, 0.1) is 0 Å². The Morgan fingerprint density at radius 3 is 2.12 bits per heavy atom. The number of nitrogens with one attached hydrogen (secondary N) is 2. The highest BCUT2D eigenvalue weighted by molar-refractivity contribution is 5.83. The zero-order chi connectivity index (χ0) is 13.6. The largest absolute Gasteiger partial charge is 0.480 e. The van der Waals surface area contributed by atoms with Crippen molar-refractivity contribution in [2.24, 2.45) is 11.3 Å². The highest BCUT2D eigenvalue weighted by atomic mass is 16.4. The molecule has 0 aromatic carbocycles. The molecule has 0 fully saturated rings. The van der Waals surface area contributed by atoms with E-state index in [1.54, 1.807) is 20.8 Å². The maximum Gasteiger partial charge on any atom is 0.326 e. The number of rotatable bonds is 5. The second-order valence-corrected chi connectivity index (χ2v) is 5.72. The number of amides is 2. The maximum absolute atomic E-state index is 11.5. The molecule has 100 valence electrons. The predicted molar refractivity (Wildman–Crippen MR) is 66.9 cm³/mol. The summed E-state index contributed by atoms with van der Waals surface area (Å²) in [5.41, 5.74) is -0.513. The van der Waals surface area contributed by atoms with E-state index >= 15 is 0 Å². The lowest BCUT2D eigenvalue weighted by Crippen LogP contribution is -2.52. The van der Waals surface area contributed by atoms with Crippen molar-refractivity contribution in [2.75, 3.05) is 6.54 Å². The molecule has 2 amide bonds. The van der Waals surface area contributed by atoms with Gasteiger partial charge in [-0.25, -0.2) is 9.59 Å². The summed E-state index contributed by atoms with van der Waals surface area (Å²) in [4.78, 5) is 22.5. The molecule has 0 spiro atoms. The quantitative estimate of drug-likeness (QED) is 0.690. The molecule has 17 heavy (non-hydrogen) atoms. The fourth-order valence-corrected chi connectivity index (χ4v) is 1.31. The predicted octanol–water partition coefficient (Wildman–Crippen LogP) is 1.83. The number of hydrogen-bond acceptors (Lipinski definition) is 2. The van der Waals surface area contributed by atoms with E-state index < -0.39 is 23.5 Å². The highest BCUT2D eigenvalue weighted by Gasteiger charge is 2.32. The third-order valence-corrected chi connectivity index (χ3v) is 2.40. The normalized spacial score (nSPS) is 13.3. The number of carboxylic acids is 1. The SMILES string of the molecule is CC(C)CCNC(=O)N[C@@H](C(=O)O)C(C)(C)C. The molecule has 1 atom stereocenters. The van der Waals surface area contributed by atoms with Crippen molar-refractivity contribution in [3.8, 4) is 0 Å². The van der Waals surface area contributed by atoms with Crippen LogP contribution in [0.2, 0.25) is 0 Å². The minimum atomic E-state index is -1.02. The van der Waals surface area contributed by atoms with Gasteiger partial charge in [0.1, 0.15) is 6.04 Å². The molecule has 0 aliphatic rings. The Morgan fingerprint density at radius 1 is 1.24 bits per heavy atom. The summed E-state index contributed by atoms with van der Waals surface area (Å²) >= 11 is 0. The van der Waals surface area contributed by atoms with Crippen LogP contribution < -0.4 is 10.6 Å². The summed E-state index contributed by atoms with van der Waals surface area (Å²) in [6, 6.07) is -1.31. The van der Waals surface area contributed by atoms with Crippen LogP contribution in [0.1, 0.15) is 41.0 Å². The van der Waals surface area contributed by atoms with E-state index in [0.29, 0.717) is 12.5 Å². The van der Waals surface area contributed by atoms with E-state index in [0.717, 1.165) is 6.42 Å². The molecule has 0 aliphatic carbocycles. The number of urea groups is 1. The molecule has 0 aromatic rings. The van der Waals surface area contributed by atoms with E-state index in [4.69, 9.17) is 5.11 Å². The summed E-state index contributed by atoms with van der Waals surface area (Å²) in [5, 5.41) is 14.2. The minimum absolute atomic E-state index is 0.423. The number of carbonyl (C=O) groups is 2. The second-order valence-electron chi connectivity index (χ2n) is 5.72. The van der Waals surface area contributed by atoms with Gasteiger partial charge >= 0.3 is 12.0 Å². The highest BCUT2D eigenvalue weighted by Crippen LogP contribution is 2.19. The fourth-order valence-electron chi connectivity index (χ4n) is 1.31. The average molecular weight is 244 g/mol. The molecule has 0 unspecified atom stereocenters. The fraction of sp³-hybridized carbons (Fsp3) is 0.833. The van der Waals surface area contributed by atoms with Crippen LogP contribution in [0.4, 0.5) is 4.79 Å². The van der Waals surface area contributed by atoms with Crippen molar-refractivity contribution in [1.82, 2.24) is 10.6 Å².